The molecule has 1 atom stereocenters. The Morgan fingerprint density at radius 3 is 2.78 bits per heavy atom. The van der Waals surface area contributed by atoms with Gasteiger partial charge in [0.15, 0.2) is 5.82 Å². The summed E-state index contributed by atoms with van der Waals surface area (Å²) in [5.74, 6) is 1.44. The minimum absolute atomic E-state index is 0.115. The molecule has 1 aromatic carbocycles. The molecule has 1 amide bonds. The number of carbonyl (C=O) groups is 1. The first kappa shape index (κ1) is 18.2. The molecule has 2 aliphatic rings. The predicted molar refractivity (Wildman–Crippen MR) is 103 cm³/mol. The summed E-state index contributed by atoms with van der Waals surface area (Å²) in [6, 6.07) is 10.4. The number of benzene rings is 1. The van der Waals surface area contributed by atoms with Crippen molar-refractivity contribution in [3.63, 3.8) is 0 Å². The van der Waals surface area contributed by atoms with Crippen LogP contribution in [-0.4, -0.2) is 46.6 Å². The van der Waals surface area contributed by atoms with Crippen molar-refractivity contribution in [1.82, 2.24) is 20.4 Å². The van der Waals surface area contributed by atoms with E-state index in [1.807, 2.05) is 30.3 Å². The first-order chi connectivity index (χ1) is 13.3. The van der Waals surface area contributed by atoms with Crippen molar-refractivity contribution < 1.29 is 9.32 Å². The molecule has 1 saturated heterocycles. The fraction of sp³-hybridized carbons (Fsp3) is 0.571. The summed E-state index contributed by atoms with van der Waals surface area (Å²) in [5, 5.41) is 7.09. The lowest BCUT2D eigenvalue weighted by molar-refractivity contribution is -0.127. The van der Waals surface area contributed by atoms with Crippen LogP contribution < -0.4 is 5.32 Å². The fourth-order valence-electron chi connectivity index (χ4n) is 4.32. The van der Waals surface area contributed by atoms with Crippen molar-refractivity contribution in [2.24, 2.45) is 5.92 Å². The predicted octanol–water partition coefficient (Wildman–Crippen LogP) is 3.05. The van der Waals surface area contributed by atoms with Crippen molar-refractivity contribution in [1.29, 1.82) is 0 Å². The number of rotatable bonds is 6. The molecular formula is C21H28N4O2. The summed E-state index contributed by atoms with van der Waals surface area (Å²) >= 11 is 0. The van der Waals surface area contributed by atoms with Gasteiger partial charge in [-0.1, -0.05) is 36.2 Å². The largest absolute Gasteiger partial charge is 0.355 e. The van der Waals surface area contributed by atoms with E-state index < -0.39 is 0 Å². The zero-order chi connectivity index (χ0) is 18.5. The number of hydrogen-bond acceptors (Lipinski definition) is 5. The average Bonchev–Trinajstić information content (AvgIpc) is 3.41. The van der Waals surface area contributed by atoms with Gasteiger partial charge in [-0.2, -0.15) is 4.98 Å². The second-order valence-corrected chi connectivity index (χ2v) is 7.70. The first-order valence-electron chi connectivity index (χ1n) is 10.2. The van der Waals surface area contributed by atoms with Gasteiger partial charge in [0, 0.05) is 31.1 Å². The van der Waals surface area contributed by atoms with Gasteiger partial charge in [-0.15, -0.1) is 0 Å². The van der Waals surface area contributed by atoms with Gasteiger partial charge in [0.2, 0.25) is 5.91 Å². The van der Waals surface area contributed by atoms with Crippen molar-refractivity contribution in [3.05, 3.63) is 36.2 Å². The Hall–Kier alpha value is -2.21. The van der Waals surface area contributed by atoms with E-state index in [2.05, 4.69) is 20.4 Å². The first-order valence-corrected chi connectivity index (χ1v) is 10.2. The summed E-state index contributed by atoms with van der Waals surface area (Å²) in [4.78, 5) is 19.5. The van der Waals surface area contributed by atoms with Crippen LogP contribution in [0.3, 0.4) is 0 Å². The van der Waals surface area contributed by atoms with Gasteiger partial charge in [-0.25, -0.2) is 0 Å². The molecular weight excluding hydrogens is 340 g/mol. The smallest absolute Gasteiger partial charge is 0.257 e. The molecule has 27 heavy (non-hydrogen) atoms. The van der Waals surface area contributed by atoms with Crippen LogP contribution in [0.2, 0.25) is 0 Å². The highest BCUT2D eigenvalue weighted by atomic mass is 16.5. The van der Waals surface area contributed by atoms with Gasteiger partial charge in [0.1, 0.15) is 0 Å². The molecule has 0 unspecified atom stereocenters. The number of carbonyl (C=O) groups excluding carboxylic acids is 1. The lowest BCUT2D eigenvalue weighted by Crippen LogP contribution is -2.46. The lowest BCUT2D eigenvalue weighted by Gasteiger charge is -2.36. The molecule has 1 N–H and O–H groups in total. The van der Waals surface area contributed by atoms with E-state index >= 15 is 0 Å². The maximum absolute atomic E-state index is 12.6. The molecule has 4 rings (SSSR count). The minimum atomic E-state index is 0.115. The van der Waals surface area contributed by atoms with Crippen LogP contribution in [0.5, 0.6) is 0 Å². The molecule has 144 valence electrons. The second-order valence-electron chi connectivity index (χ2n) is 7.70. The monoisotopic (exact) mass is 368 g/mol. The Labute approximate surface area is 160 Å². The number of likely N-dealkylation sites (tertiary alicyclic amines) is 1. The number of piperidine rings is 1. The molecule has 6 heteroatoms. The summed E-state index contributed by atoms with van der Waals surface area (Å²) in [7, 11) is 0. The summed E-state index contributed by atoms with van der Waals surface area (Å²) in [6.45, 7) is 2.61. The zero-order valence-electron chi connectivity index (χ0n) is 15.8. The van der Waals surface area contributed by atoms with Gasteiger partial charge in [-0.3, -0.25) is 9.69 Å². The normalized spacial score (nSPS) is 21.4. The lowest BCUT2D eigenvalue weighted by atomic mass is 9.95. The van der Waals surface area contributed by atoms with Crippen LogP contribution in [0.15, 0.2) is 34.9 Å². The minimum Gasteiger partial charge on any atom is -0.355 e. The molecule has 0 radical (unpaired) electrons. The third-order valence-electron chi connectivity index (χ3n) is 5.80. The maximum Gasteiger partial charge on any atom is 0.257 e. The Kier molecular flexibility index (Phi) is 5.82. The third kappa shape index (κ3) is 4.56. The van der Waals surface area contributed by atoms with Gasteiger partial charge in [0.25, 0.3) is 5.89 Å². The quantitative estimate of drug-likeness (QED) is 0.848. The Balaban J connectivity index is 1.24. The van der Waals surface area contributed by atoms with Crippen LogP contribution in [0, 0.1) is 5.92 Å². The van der Waals surface area contributed by atoms with Crippen molar-refractivity contribution in [3.8, 4) is 11.5 Å². The highest BCUT2D eigenvalue weighted by molar-refractivity contribution is 5.79. The van der Waals surface area contributed by atoms with Crippen LogP contribution in [-0.2, 0) is 11.2 Å². The third-order valence-corrected chi connectivity index (χ3v) is 5.80. The highest BCUT2D eigenvalue weighted by Crippen LogP contribution is 2.28. The van der Waals surface area contributed by atoms with Gasteiger partial charge < -0.3 is 9.84 Å². The topological polar surface area (TPSA) is 71.3 Å². The van der Waals surface area contributed by atoms with Gasteiger partial charge in [0.05, 0.1) is 5.92 Å². The molecule has 1 saturated carbocycles. The van der Waals surface area contributed by atoms with Gasteiger partial charge >= 0.3 is 0 Å². The summed E-state index contributed by atoms with van der Waals surface area (Å²) in [6.07, 6.45) is 7.99. The van der Waals surface area contributed by atoms with E-state index in [0.717, 1.165) is 31.5 Å². The van der Waals surface area contributed by atoms with Gasteiger partial charge in [-0.05, 0) is 44.4 Å². The zero-order valence-corrected chi connectivity index (χ0v) is 15.8. The number of aromatic nitrogens is 2. The van der Waals surface area contributed by atoms with E-state index in [0.29, 0.717) is 30.7 Å². The van der Waals surface area contributed by atoms with Crippen molar-refractivity contribution in [2.75, 3.05) is 19.6 Å². The van der Waals surface area contributed by atoms with Crippen molar-refractivity contribution in [2.45, 2.75) is 51.0 Å². The fourth-order valence-corrected chi connectivity index (χ4v) is 4.32. The van der Waals surface area contributed by atoms with E-state index in [1.165, 1.54) is 25.7 Å². The SMILES string of the molecule is O=C(NCCc1noc(-c2ccccc2)n1)[C@@H]1CCCN(C2CCCC2)C1. The van der Waals surface area contributed by atoms with E-state index in [-0.39, 0.29) is 11.8 Å². The van der Waals surface area contributed by atoms with Crippen LogP contribution in [0.1, 0.15) is 44.3 Å². The molecule has 1 aromatic heterocycles. The average molecular weight is 368 g/mol. The van der Waals surface area contributed by atoms with Crippen LogP contribution >= 0.6 is 0 Å². The molecule has 0 spiro atoms. The molecule has 0 bridgehead atoms. The van der Waals surface area contributed by atoms with E-state index in [9.17, 15) is 4.79 Å². The standard InChI is InChI=1S/C21H28N4O2/c26-20(17-9-6-14-25(15-17)18-10-4-5-11-18)22-13-12-19-23-21(27-24-19)16-7-2-1-3-8-16/h1-3,7-8,17-18H,4-6,9-15H2,(H,22,26)/t17-/m1/s1. The molecule has 2 aromatic rings. The molecule has 2 heterocycles. The molecule has 2 fully saturated rings. The Bertz CT molecular complexity index is 740. The van der Waals surface area contributed by atoms with Crippen molar-refractivity contribution >= 4 is 5.91 Å². The molecule has 6 nitrogen and oxygen atoms in total. The highest BCUT2D eigenvalue weighted by Gasteiger charge is 2.30. The number of amides is 1. The maximum atomic E-state index is 12.6. The van der Waals surface area contributed by atoms with E-state index in [4.69, 9.17) is 4.52 Å². The Morgan fingerprint density at radius 2 is 1.96 bits per heavy atom. The molecule has 1 aliphatic heterocycles. The molecule has 1 aliphatic carbocycles. The summed E-state index contributed by atoms with van der Waals surface area (Å²) in [5.41, 5.74) is 0.912. The van der Waals surface area contributed by atoms with Crippen LogP contribution in [0.25, 0.3) is 11.5 Å². The number of nitrogens with zero attached hydrogens (tertiary/aromatic N) is 3. The Morgan fingerprint density at radius 1 is 1.15 bits per heavy atom. The summed E-state index contributed by atoms with van der Waals surface area (Å²) < 4.78 is 5.32. The van der Waals surface area contributed by atoms with Crippen LogP contribution in [0.4, 0.5) is 0 Å². The second kappa shape index (κ2) is 8.65. The van der Waals surface area contributed by atoms with E-state index in [1.54, 1.807) is 0 Å². The number of hydrogen-bond donors (Lipinski definition) is 1. The number of nitrogens with one attached hydrogen (secondary N) is 1.